The van der Waals surface area contributed by atoms with Crippen LogP contribution in [0.2, 0.25) is 0 Å². The summed E-state index contributed by atoms with van der Waals surface area (Å²) in [5, 5.41) is 8.25. The first-order valence-electron chi connectivity index (χ1n) is 9.14. The van der Waals surface area contributed by atoms with Crippen molar-refractivity contribution >= 4 is 34.9 Å². The summed E-state index contributed by atoms with van der Waals surface area (Å²) < 4.78 is 0. The molecule has 146 valence electrons. The van der Waals surface area contributed by atoms with Gasteiger partial charge in [0.15, 0.2) is 0 Å². The van der Waals surface area contributed by atoms with Gasteiger partial charge in [0.1, 0.15) is 0 Å². The molecule has 2 aromatic carbocycles. The Morgan fingerprint density at radius 2 is 1.71 bits per heavy atom. The van der Waals surface area contributed by atoms with E-state index in [0.29, 0.717) is 17.9 Å². The number of carbonyl (C=O) groups is 3. The molecule has 1 fully saturated rings. The van der Waals surface area contributed by atoms with E-state index >= 15 is 0 Å². The van der Waals surface area contributed by atoms with Crippen molar-refractivity contribution in [1.82, 2.24) is 5.32 Å². The Hall–Kier alpha value is -3.35. The highest BCUT2D eigenvalue weighted by Gasteiger charge is 2.31. The van der Waals surface area contributed by atoms with E-state index in [0.717, 1.165) is 11.3 Å². The normalized spacial score (nSPS) is 16.0. The van der Waals surface area contributed by atoms with Crippen LogP contribution < -0.4 is 20.9 Å². The summed E-state index contributed by atoms with van der Waals surface area (Å²) in [5.41, 5.74) is 4.30. The predicted octanol–water partition coefficient (Wildman–Crippen LogP) is 3.19. The van der Waals surface area contributed by atoms with E-state index in [-0.39, 0.29) is 30.3 Å². The van der Waals surface area contributed by atoms with Gasteiger partial charge in [-0.15, -0.1) is 0 Å². The number of hydrogen-bond acceptors (Lipinski definition) is 3. The molecule has 0 radical (unpaired) electrons. The molecule has 1 saturated heterocycles. The average Bonchev–Trinajstić information content (AvgIpc) is 2.97. The van der Waals surface area contributed by atoms with Crippen molar-refractivity contribution < 1.29 is 14.4 Å². The summed E-state index contributed by atoms with van der Waals surface area (Å²) in [5.74, 6) is -0.196. The average molecular weight is 380 g/mol. The van der Waals surface area contributed by atoms with Crippen LogP contribution >= 0.6 is 0 Å². The zero-order valence-electron chi connectivity index (χ0n) is 16.2. The molecule has 7 heteroatoms. The fourth-order valence-electron chi connectivity index (χ4n) is 3.18. The van der Waals surface area contributed by atoms with E-state index in [1.165, 1.54) is 12.5 Å². The number of aryl methyl sites for hydroxylation is 2. The van der Waals surface area contributed by atoms with E-state index in [2.05, 4.69) is 16.0 Å². The molecule has 3 rings (SSSR count). The monoisotopic (exact) mass is 380 g/mol. The number of anilines is 3. The molecule has 0 unspecified atom stereocenters. The maximum Gasteiger partial charge on any atom is 0.319 e. The van der Waals surface area contributed by atoms with Crippen LogP contribution in [0.1, 0.15) is 24.5 Å². The van der Waals surface area contributed by atoms with Crippen LogP contribution in [0, 0.1) is 13.8 Å². The molecule has 1 aliphatic rings. The molecule has 0 aliphatic carbocycles. The summed E-state index contributed by atoms with van der Waals surface area (Å²) in [7, 11) is 0. The molecule has 3 N–H and O–H groups in total. The van der Waals surface area contributed by atoms with E-state index in [9.17, 15) is 14.4 Å². The standard InChI is InChI=1S/C21H24N4O3/c1-13-7-8-19(9-14(13)2)25-12-18(11-20(25)27)24-21(28)23-17-6-4-5-16(10-17)22-15(3)26/h4-10,18H,11-12H2,1-3H3,(H,22,26)(H2,23,24,28)/t18-/m1/s1. The van der Waals surface area contributed by atoms with Gasteiger partial charge >= 0.3 is 6.03 Å². The number of carbonyl (C=O) groups excluding carboxylic acids is 3. The lowest BCUT2D eigenvalue weighted by molar-refractivity contribution is -0.117. The molecule has 0 bridgehead atoms. The fraction of sp³-hybridized carbons (Fsp3) is 0.286. The van der Waals surface area contributed by atoms with Gasteiger partial charge in [-0.1, -0.05) is 12.1 Å². The Labute approximate surface area is 164 Å². The van der Waals surface area contributed by atoms with Crippen LogP contribution in [0.25, 0.3) is 0 Å². The van der Waals surface area contributed by atoms with Crippen molar-refractivity contribution in [3.63, 3.8) is 0 Å². The molecule has 1 aliphatic heterocycles. The third kappa shape index (κ3) is 4.68. The van der Waals surface area contributed by atoms with Crippen LogP contribution in [-0.2, 0) is 9.59 Å². The molecule has 0 saturated carbocycles. The number of amides is 4. The molecule has 7 nitrogen and oxygen atoms in total. The van der Waals surface area contributed by atoms with E-state index in [1.54, 1.807) is 29.2 Å². The van der Waals surface area contributed by atoms with Crippen molar-refractivity contribution in [2.24, 2.45) is 0 Å². The number of rotatable bonds is 4. The van der Waals surface area contributed by atoms with Crippen LogP contribution in [0.3, 0.4) is 0 Å². The maximum atomic E-state index is 12.4. The Bertz CT molecular complexity index is 926. The lowest BCUT2D eigenvalue weighted by Gasteiger charge is -2.18. The number of benzene rings is 2. The van der Waals surface area contributed by atoms with Gasteiger partial charge in [0.25, 0.3) is 0 Å². The molecule has 1 atom stereocenters. The number of nitrogens with zero attached hydrogens (tertiary/aromatic N) is 1. The van der Waals surface area contributed by atoms with Gasteiger partial charge in [-0.05, 0) is 55.3 Å². The maximum absolute atomic E-state index is 12.4. The highest BCUT2D eigenvalue weighted by molar-refractivity contribution is 5.98. The summed E-state index contributed by atoms with van der Waals surface area (Å²) >= 11 is 0. The van der Waals surface area contributed by atoms with Gasteiger partial charge in [-0.3, -0.25) is 9.59 Å². The highest BCUT2D eigenvalue weighted by Crippen LogP contribution is 2.24. The second-order valence-electron chi connectivity index (χ2n) is 7.03. The van der Waals surface area contributed by atoms with Crippen LogP contribution in [0.4, 0.5) is 21.9 Å². The first kappa shape index (κ1) is 19.4. The predicted molar refractivity (Wildman–Crippen MR) is 110 cm³/mol. The summed E-state index contributed by atoms with van der Waals surface area (Å²) in [6.45, 7) is 5.89. The summed E-state index contributed by atoms with van der Waals surface area (Å²) in [6.07, 6.45) is 0.256. The Morgan fingerprint density at radius 3 is 2.39 bits per heavy atom. The number of hydrogen-bond donors (Lipinski definition) is 3. The SMILES string of the molecule is CC(=O)Nc1cccc(NC(=O)N[C@@H]2CC(=O)N(c3ccc(C)c(C)c3)C2)c1. The minimum atomic E-state index is -0.389. The summed E-state index contributed by atoms with van der Waals surface area (Å²) in [6, 6.07) is 12.1. The van der Waals surface area contributed by atoms with Gasteiger partial charge in [0.05, 0.1) is 6.04 Å². The molecule has 1 heterocycles. The quantitative estimate of drug-likeness (QED) is 0.761. The minimum Gasteiger partial charge on any atom is -0.333 e. The summed E-state index contributed by atoms with van der Waals surface area (Å²) in [4.78, 5) is 37.5. The number of urea groups is 1. The zero-order chi connectivity index (χ0) is 20.3. The van der Waals surface area contributed by atoms with Crippen molar-refractivity contribution in [1.29, 1.82) is 0 Å². The van der Waals surface area contributed by atoms with Crippen molar-refractivity contribution in [2.75, 3.05) is 22.1 Å². The van der Waals surface area contributed by atoms with Crippen LogP contribution in [0.15, 0.2) is 42.5 Å². The first-order valence-corrected chi connectivity index (χ1v) is 9.14. The van der Waals surface area contributed by atoms with E-state index < -0.39 is 0 Å². The number of nitrogens with one attached hydrogen (secondary N) is 3. The van der Waals surface area contributed by atoms with Gasteiger partial charge in [-0.2, -0.15) is 0 Å². The van der Waals surface area contributed by atoms with Crippen LogP contribution in [0.5, 0.6) is 0 Å². The Kier molecular flexibility index (Phi) is 5.63. The second-order valence-corrected chi connectivity index (χ2v) is 7.03. The van der Waals surface area contributed by atoms with E-state index in [1.807, 2.05) is 32.0 Å². The Balaban J connectivity index is 1.60. The van der Waals surface area contributed by atoms with E-state index in [4.69, 9.17) is 0 Å². The molecular formula is C21H24N4O3. The smallest absolute Gasteiger partial charge is 0.319 e. The van der Waals surface area contributed by atoms with Gasteiger partial charge in [-0.25, -0.2) is 4.79 Å². The lowest BCUT2D eigenvalue weighted by Crippen LogP contribution is -2.39. The van der Waals surface area contributed by atoms with Gasteiger partial charge < -0.3 is 20.9 Å². The third-order valence-electron chi connectivity index (χ3n) is 4.70. The molecule has 28 heavy (non-hydrogen) atoms. The fourth-order valence-corrected chi connectivity index (χ4v) is 3.18. The lowest BCUT2D eigenvalue weighted by atomic mass is 10.1. The second kappa shape index (κ2) is 8.12. The highest BCUT2D eigenvalue weighted by atomic mass is 16.2. The molecule has 0 aromatic heterocycles. The molecule has 0 spiro atoms. The van der Waals surface area contributed by atoms with Crippen LogP contribution in [-0.4, -0.2) is 30.4 Å². The van der Waals surface area contributed by atoms with Gasteiger partial charge in [0.2, 0.25) is 11.8 Å². The zero-order valence-corrected chi connectivity index (χ0v) is 16.2. The largest absolute Gasteiger partial charge is 0.333 e. The first-order chi connectivity index (χ1) is 13.3. The van der Waals surface area contributed by atoms with Gasteiger partial charge in [0, 0.05) is 37.0 Å². The molecule has 4 amide bonds. The minimum absolute atomic E-state index is 0.0128. The van der Waals surface area contributed by atoms with Crippen molar-refractivity contribution in [2.45, 2.75) is 33.2 Å². The Morgan fingerprint density at radius 1 is 1.00 bits per heavy atom. The third-order valence-corrected chi connectivity index (χ3v) is 4.70. The van der Waals surface area contributed by atoms with Crippen molar-refractivity contribution in [3.8, 4) is 0 Å². The molecular weight excluding hydrogens is 356 g/mol. The van der Waals surface area contributed by atoms with Crippen molar-refractivity contribution in [3.05, 3.63) is 53.6 Å². The topological polar surface area (TPSA) is 90.5 Å². The molecule has 2 aromatic rings.